The van der Waals surface area contributed by atoms with Gasteiger partial charge in [0.1, 0.15) is 11.6 Å². The summed E-state index contributed by atoms with van der Waals surface area (Å²) in [7, 11) is 0. The molecule has 2 aliphatic rings. The van der Waals surface area contributed by atoms with E-state index in [0.29, 0.717) is 25.0 Å². The second-order valence-corrected chi connectivity index (χ2v) is 8.30. The number of rotatable bonds is 5. The summed E-state index contributed by atoms with van der Waals surface area (Å²) < 4.78 is 7.30. The zero-order valence-electron chi connectivity index (χ0n) is 17.2. The number of hydrogen-bond acceptors (Lipinski definition) is 5. The summed E-state index contributed by atoms with van der Waals surface area (Å²) in [5, 5.41) is 17.5. The largest absolute Gasteiger partial charge is 0.507 e. The van der Waals surface area contributed by atoms with Gasteiger partial charge < -0.3 is 15.2 Å². The van der Waals surface area contributed by atoms with Crippen molar-refractivity contribution in [1.29, 1.82) is 0 Å². The molecule has 0 spiro atoms. The van der Waals surface area contributed by atoms with Crippen LogP contribution in [0.25, 0.3) is 0 Å². The summed E-state index contributed by atoms with van der Waals surface area (Å²) >= 11 is 0. The minimum Gasteiger partial charge on any atom is -0.507 e. The Labute approximate surface area is 171 Å². The van der Waals surface area contributed by atoms with Crippen molar-refractivity contribution in [2.24, 2.45) is 5.92 Å². The van der Waals surface area contributed by atoms with Crippen LogP contribution >= 0.6 is 0 Å². The normalized spacial score (nSPS) is 20.8. The van der Waals surface area contributed by atoms with E-state index in [2.05, 4.69) is 27.4 Å². The number of likely N-dealkylation sites (tertiary alicyclic amines) is 1. The molecule has 29 heavy (non-hydrogen) atoms. The molecule has 156 valence electrons. The molecule has 2 fully saturated rings. The Kier molecular flexibility index (Phi) is 5.87. The molecule has 4 rings (SSSR count). The second kappa shape index (κ2) is 8.55. The zero-order chi connectivity index (χ0) is 20.4. The van der Waals surface area contributed by atoms with Gasteiger partial charge in [-0.15, -0.1) is 0 Å². The van der Waals surface area contributed by atoms with E-state index in [1.807, 2.05) is 24.6 Å². The van der Waals surface area contributed by atoms with Gasteiger partial charge in [-0.2, -0.15) is 5.10 Å². The monoisotopic (exact) mass is 398 g/mol. The van der Waals surface area contributed by atoms with Crippen LogP contribution in [0.15, 0.2) is 24.4 Å². The van der Waals surface area contributed by atoms with Gasteiger partial charge in [-0.1, -0.05) is 12.1 Å². The van der Waals surface area contributed by atoms with E-state index in [9.17, 15) is 9.90 Å². The van der Waals surface area contributed by atoms with Crippen molar-refractivity contribution in [3.63, 3.8) is 0 Å². The van der Waals surface area contributed by atoms with Crippen molar-refractivity contribution < 1.29 is 14.6 Å². The number of carbonyl (C=O) groups excluding carboxylic acids is 1. The van der Waals surface area contributed by atoms with Gasteiger partial charge >= 0.3 is 0 Å². The number of nitrogens with one attached hydrogen (secondary N) is 1. The molecule has 0 radical (unpaired) electrons. The highest BCUT2D eigenvalue weighted by Crippen LogP contribution is 2.28. The number of aromatic hydroxyl groups is 1. The number of phenolic OH excluding ortho intramolecular Hbond substituents is 1. The van der Waals surface area contributed by atoms with E-state index in [-0.39, 0.29) is 11.8 Å². The van der Waals surface area contributed by atoms with Gasteiger partial charge in [0.25, 0.3) is 0 Å². The summed E-state index contributed by atoms with van der Waals surface area (Å²) in [6.07, 6.45) is 4.53. The van der Waals surface area contributed by atoms with Crippen LogP contribution in [0.3, 0.4) is 0 Å². The summed E-state index contributed by atoms with van der Waals surface area (Å²) in [6.45, 7) is 7.91. The summed E-state index contributed by atoms with van der Waals surface area (Å²) in [4.78, 5) is 14.9. The molecule has 1 atom stereocenters. The minimum atomic E-state index is -0.0579. The molecule has 1 aromatic carbocycles. The van der Waals surface area contributed by atoms with Gasteiger partial charge in [-0.3, -0.25) is 9.69 Å². The predicted octanol–water partition coefficient (Wildman–Crippen LogP) is 3.02. The van der Waals surface area contributed by atoms with Gasteiger partial charge in [-0.05, 0) is 49.8 Å². The van der Waals surface area contributed by atoms with Crippen molar-refractivity contribution in [3.8, 4) is 5.75 Å². The Balaban J connectivity index is 1.34. The Bertz CT molecular complexity index is 842. The van der Waals surface area contributed by atoms with Gasteiger partial charge in [0, 0.05) is 32.3 Å². The number of amides is 1. The fourth-order valence-corrected chi connectivity index (χ4v) is 4.39. The maximum atomic E-state index is 12.4. The first-order valence-electron chi connectivity index (χ1n) is 10.4. The molecular weight excluding hydrogens is 368 g/mol. The lowest BCUT2D eigenvalue weighted by Gasteiger charge is -2.33. The Hall–Kier alpha value is -2.38. The van der Waals surface area contributed by atoms with Crippen LogP contribution in [0.2, 0.25) is 0 Å². The fraction of sp³-hybridized carbons (Fsp3) is 0.545. The van der Waals surface area contributed by atoms with Crippen molar-refractivity contribution in [3.05, 3.63) is 41.1 Å². The predicted molar refractivity (Wildman–Crippen MR) is 111 cm³/mol. The molecule has 1 unspecified atom stereocenters. The minimum absolute atomic E-state index is 0.0276. The highest BCUT2D eigenvalue weighted by atomic mass is 16.5. The first-order valence-corrected chi connectivity index (χ1v) is 10.4. The Morgan fingerprint density at radius 2 is 1.97 bits per heavy atom. The average molecular weight is 399 g/mol. The topological polar surface area (TPSA) is 79.6 Å². The third-order valence-electron chi connectivity index (χ3n) is 6.08. The van der Waals surface area contributed by atoms with E-state index in [1.165, 1.54) is 5.56 Å². The van der Waals surface area contributed by atoms with Crippen LogP contribution in [-0.4, -0.2) is 52.0 Å². The van der Waals surface area contributed by atoms with Crippen molar-refractivity contribution >= 4 is 11.7 Å². The van der Waals surface area contributed by atoms with Crippen molar-refractivity contribution in [2.75, 3.05) is 31.6 Å². The molecule has 1 amide bonds. The molecule has 7 nitrogen and oxygen atoms in total. The van der Waals surface area contributed by atoms with Crippen LogP contribution < -0.4 is 5.32 Å². The van der Waals surface area contributed by atoms with E-state index in [1.54, 1.807) is 6.20 Å². The second-order valence-electron chi connectivity index (χ2n) is 8.30. The zero-order valence-corrected chi connectivity index (χ0v) is 17.2. The number of aromatic nitrogens is 2. The molecule has 2 saturated heterocycles. The van der Waals surface area contributed by atoms with Crippen LogP contribution in [-0.2, 0) is 16.1 Å². The molecule has 0 saturated carbocycles. The number of piperidine rings is 1. The molecule has 2 aromatic rings. The van der Waals surface area contributed by atoms with E-state index < -0.39 is 0 Å². The van der Waals surface area contributed by atoms with E-state index in [4.69, 9.17) is 4.74 Å². The van der Waals surface area contributed by atoms with Crippen LogP contribution in [0, 0.1) is 19.8 Å². The van der Waals surface area contributed by atoms with Gasteiger partial charge in [0.2, 0.25) is 5.91 Å². The number of carbonyl (C=O) groups is 1. The number of anilines is 1. The maximum absolute atomic E-state index is 12.4. The SMILES string of the molecule is Cc1cc(CN2CCC(n3nccc3NC(=O)C3CCOC3)CC2)cc(C)c1O. The van der Waals surface area contributed by atoms with E-state index in [0.717, 1.165) is 55.8 Å². The number of ether oxygens (including phenoxy) is 1. The number of hydrogen-bond donors (Lipinski definition) is 2. The molecule has 7 heteroatoms. The highest BCUT2D eigenvalue weighted by molar-refractivity contribution is 5.92. The standard InChI is InChI=1S/C22H30N4O3/c1-15-11-17(12-16(2)21(15)27)13-25-8-4-19(5-9-25)26-20(3-7-23-26)24-22(28)18-6-10-29-14-18/h3,7,11-12,18-19,27H,4-6,8-10,13-14H2,1-2H3,(H,24,28). The third kappa shape index (κ3) is 4.46. The number of benzene rings is 1. The smallest absolute Gasteiger partial charge is 0.231 e. The van der Waals surface area contributed by atoms with Gasteiger partial charge in [0.05, 0.1) is 24.8 Å². The van der Waals surface area contributed by atoms with Crippen molar-refractivity contribution in [1.82, 2.24) is 14.7 Å². The van der Waals surface area contributed by atoms with Gasteiger partial charge in [-0.25, -0.2) is 4.68 Å². The molecule has 2 N–H and O–H groups in total. The van der Waals surface area contributed by atoms with Crippen molar-refractivity contribution in [2.45, 2.75) is 45.7 Å². The lowest BCUT2D eigenvalue weighted by molar-refractivity contribution is -0.119. The van der Waals surface area contributed by atoms with Crippen LogP contribution in [0.1, 0.15) is 42.0 Å². The maximum Gasteiger partial charge on any atom is 0.231 e. The molecule has 0 bridgehead atoms. The van der Waals surface area contributed by atoms with Crippen LogP contribution in [0.5, 0.6) is 5.75 Å². The molecule has 2 aliphatic heterocycles. The third-order valence-corrected chi connectivity index (χ3v) is 6.08. The number of nitrogens with zero attached hydrogens (tertiary/aromatic N) is 3. The number of aryl methyl sites for hydroxylation is 2. The summed E-state index contributed by atoms with van der Waals surface area (Å²) in [5.74, 6) is 1.15. The lowest BCUT2D eigenvalue weighted by Crippen LogP contribution is -2.35. The molecule has 3 heterocycles. The number of phenols is 1. The summed E-state index contributed by atoms with van der Waals surface area (Å²) in [6, 6.07) is 6.31. The summed E-state index contributed by atoms with van der Waals surface area (Å²) in [5.41, 5.74) is 3.10. The quantitative estimate of drug-likeness (QED) is 0.809. The molecular formula is C22H30N4O3. The molecule has 0 aliphatic carbocycles. The lowest BCUT2D eigenvalue weighted by atomic mass is 10.0. The van der Waals surface area contributed by atoms with E-state index >= 15 is 0 Å². The first-order chi connectivity index (χ1) is 14.0. The highest BCUT2D eigenvalue weighted by Gasteiger charge is 2.27. The van der Waals surface area contributed by atoms with Gasteiger partial charge in [0.15, 0.2) is 0 Å². The Morgan fingerprint density at radius 3 is 2.62 bits per heavy atom. The van der Waals surface area contributed by atoms with Crippen LogP contribution in [0.4, 0.5) is 5.82 Å². The Morgan fingerprint density at radius 1 is 1.24 bits per heavy atom. The first kappa shape index (κ1) is 19.9. The fourth-order valence-electron chi connectivity index (χ4n) is 4.39. The molecule has 1 aromatic heterocycles. The average Bonchev–Trinajstić information content (AvgIpc) is 3.39.